The average molecular weight is 391 g/mol. The van der Waals surface area contributed by atoms with Crippen LogP contribution in [0.5, 0.6) is 0 Å². The molecule has 0 spiro atoms. The van der Waals surface area contributed by atoms with Crippen LogP contribution < -0.4 is 0 Å². The van der Waals surface area contributed by atoms with E-state index in [-0.39, 0.29) is 11.9 Å². The summed E-state index contributed by atoms with van der Waals surface area (Å²) in [5, 5.41) is 3.57. The Morgan fingerprint density at radius 3 is 2.86 bits per heavy atom. The number of fused-ring (bicyclic) bond motifs is 4. The van der Waals surface area contributed by atoms with E-state index in [4.69, 9.17) is 0 Å². The Balaban J connectivity index is 1.44. The van der Waals surface area contributed by atoms with E-state index in [0.29, 0.717) is 0 Å². The first-order valence-electron chi connectivity index (χ1n) is 10.7. The van der Waals surface area contributed by atoms with Gasteiger partial charge in [-0.1, -0.05) is 11.6 Å². The van der Waals surface area contributed by atoms with E-state index in [2.05, 4.69) is 40.0 Å². The number of aryl methyl sites for hydroxylation is 3. The number of carbonyl (C=O) groups is 1. The largest absolute Gasteiger partial charge is 0.341 e. The van der Waals surface area contributed by atoms with E-state index in [0.717, 1.165) is 44.3 Å². The molecule has 1 atom stereocenters. The minimum absolute atomic E-state index is 0.247. The van der Waals surface area contributed by atoms with Crippen LogP contribution in [-0.2, 0) is 25.8 Å². The molecule has 0 fully saturated rings. The van der Waals surface area contributed by atoms with Crippen LogP contribution in [-0.4, -0.2) is 21.9 Å². The maximum Gasteiger partial charge on any atom is 0.255 e. The van der Waals surface area contributed by atoms with E-state index in [1.54, 1.807) is 0 Å². The summed E-state index contributed by atoms with van der Waals surface area (Å²) in [5.41, 5.74) is 7.98. The van der Waals surface area contributed by atoms with Crippen molar-refractivity contribution in [3.63, 3.8) is 0 Å². The fourth-order valence-electron chi connectivity index (χ4n) is 5.79. The van der Waals surface area contributed by atoms with Crippen LogP contribution in [0.25, 0.3) is 10.9 Å². The Bertz CT molecular complexity index is 1110. The molecule has 0 N–H and O–H groups in total. The number of aromatic nitrogens is 1. The lowest BCUT2D eigenvalue weighted by Crippen LogP contribution is -2.43. The van der Waals surface area contributed by atoms with Gasteiger partial charge in [0.25, 0.3) is 5.91 Å². The number of hydrogen-bond acceptors (Lipinski definition) is 2. The van der Waals surface area contributed by atoms with Gasteiger partial charge in [-0.25, -0.2) is 0 Å². The van der Waals surface area contributed by atoms with Crippen LogP contribution in [0.4, 0.5) is 0 Å². The first-order valence-corrected chi connectivity index (χ1v) is 11.6. The normalized spacial score (nSPS) is 20.9. The van der Waals surface area contributed by atoms with Gasteiger partial charge in [0.1, 0.15) is 0 Å². The molecule has 1 aromatic carbocycles. The van der Waals surface area contributed by atoms with Crippen molar-refractivity contribution < 1.29 is 4.79 Å². The third kappa shape index (κ3) is 2.30. The second kappa shape index (κ2) is 6.21. The molecular formula is C24H26N2OS. The fraction of sp³-hybridized carbons (Fsp3) is 0.458. The quantitative estimate of drug-likeness (QED) is 0.544. The first-order chi connectivity index (χ1) is 13.7. The lowest BCUT2D eigenvalue weighted by atomic mass is 9.88. The zero-order valence-electron chi connectivity index (χ0n) is 16.5. The van der Waals surface area contributed by atoms with Gasteiger partial charge in [-0.2, -0.15) is 0 Å². The van der Waals surface area contributed by atoms with Crippen molar-refractivity contribution in [1.82, 2.24) is 9.47 Å². The van der Waals surface area contributed by atoms with Crippen LogP contribution in [0.1, 0.15) is 69.3 Å². The van der Waals surface area contributed by atoms with Gasteiger partial charge in [0.15, 0.2) is 0 Å². The lowest BCUT2D eigenvalue weighted by Gasteiger charge is -2.40. The SMILES string of the molecule is Cc1ccc2c(c1)c1c3n2CCN(C(=O)c2csc4c2CCCC4)[C@H]3CCC1. The highest BCUT2D eigenvalue weighted by Gasteiger charge is 2.38. The Labute approximate surface area is 170 Å². The highest BCUT2D eigenvalue weighted by molar-refractivity contribution is 7.10. The summed E-state index contributed by atoms with van der Waals surface area (Å²) < 4.78 is 2.51. The maximum atomic E-state index is 13.6. The van der Waals surface area contributed by atoms with Crippen molar-refractivity contribution in [2.24, 2.45) is 0 Å². The third-order valence-electron chi connectivity index (χ3n) is 7.08. The molecule has 2 aromatic heterocycles. The molecule has 3 nitrogen and oxygen atoms in total. The highest BCUT2D eigenvalue weighted by atomic mass is 32.1. The van der Waals surface area contributed by atoms with Crippen LogP contribution in [0.15, 0.2) is 23.6 Å². The molecule has 3 aromatic rings. The average Bonchev–Trinajstić information content (AvgIpc) is 3.29. The lowest BCUT2D eigenvalue weighted by molar-refractivity contribution is 0.0600. The molecule has 6 rings (SSSR count). The molecule has 0 saturated heterocycles. The van der Waals surface area contributed by atoms with Gasteiger partial charge in [0, 0.05) is 39.9 Å². The number of hydrogen-bond donors (Lipinski definition) is 0. The van der Waals surface area contributed by atoms with Gasteiger partial charge >= 0.3 is 0 Å². The van der Waals surface area contributed by atoms with Crippen molar-refractivity contribution in [2.45, 2.75) is 64.5 Å². The molecule has 1 aliphatic heterocycles. The topological polar surface area (TPSA) is 25.2 Å². The number of carbonyl (C=O) groups excluding carboxylic acids is 1. The number of thiophene rings is 1. The van der Waals surface area contributed by atoms with Crippen LogP contribution in [0.2, 0.25) is 0 Å². The van der Waals surface area contributed by atoms with E-state index in [1.807, 2.05) is 11.3 Å². The van der Waals surface area contributed by atoms with E-state index in [1.165, 1.54) is 57.4 Å². The summed E-state index contributed by atoms with van der Waals surface area (Å²) in [6, 6.07) is 7.10. The van der Waals surface area contributed by atoms with Crippen molar-refractivity contribution >= 4 is 28.1 Å². The van der Waals surface area contributed by atoms with E-state index >= 15 is 0 Å². The molecular weight excluding hydrogens is 364 g/mol. The molecule has 2 aliphatic carbocycles. The summed E-state index contributed by atoms with van der Waals surface area (Å²) in [5.74, 6) is 0.282. The van der Waals surface area contributed by atoms with Crippen LogP contribution in [0, 0.1) is 6.92 Å². The molecule has 4 heteroatoms. The van der Waals surface area contributed by atoms with Crippen LogP contribution in [0.3, 0.4) is 0 Å². The zero-order chi connectivity index (χ0) is 18.8. The number of amides is 1. The summed E-state index contributed by atoms with van der Waals surface area (Å²) >= 11 is 1.81. The predicted molar refractivity (Wildman–Crippen MR) is 114 cm³/mol. The Morgan fingerprint density at radius 2 is 1.93 bits per heavy atom. The van der Waals surface area contributed by atoms with E-state index in [9.17, 15) is 4.79 Å². The van der Waals surface area contributed by atoms with E-state index < -0.39 is 0 Å². The van der Waals surface area contributed by atoms with Gasteiger partial charge in [-0.3, -0.25) is 4.79 Å². The minimum Gasteiger partial charge on any atom is -0.341 e. The standard InChI is InChI=1S/C24H26N2OS/c1-15-9-10-20-18(13-15)17-6-4-7-21-23(17)25(20)11-12-26(21)24(27)19-14-28-22-8-3-2-5-16(19)22/h9-10,13-14,21H,2-8,11-12H2,1H3/t21-/m0/s1. The summed E-state index contributed by atoms with van der Waals surface area (Å²) in [6.45, 7) is 3.93. The van der Waals surface area contributed by atoms with Crippen molar-refractivity contribution in [1.29, 1.82) is 0 Å². The third-order valence-corrected chi connectivity index (χ3v) is 8.17. The Morgan fingerprint density at radius 1 is 1.07 bits per heavy atom. The molecule has 0 unspecified atom stereocenters. The van der Waals surface area contributed by atoms with Crippen LogP contribution >= 0.6 is 11.3 Å². The minimum atomic E-state index is 0.247. The molecule has 0 bridgehead atoms. The first kappa shape index (κ1) is 16.8. The monoisotopic (exact) mass is 390 g/mol. The Kier molecular flexibility index (Phi) is 3.74. The van der Waals surface area contributed by atoms with Gasteiger partial charge < -0.3 is 9.47 Å². The smallest absolute Gasteiger partial charge is 0.255 e. The molecule has 3 heterocycles. The molecule has 0 radical (unpaired) electrons. The zero-order valence-corrected chi connectivity index (χ0v) is 17.3. The molecule has 0 saturated carbocycles. The Hall–Kier alpha value is -2.07. The molecule has 144 valence electrons. The van der Waals surface area contributed by atoms with Gasteiger partial charge in [0.05, 0.1) is 11.6 Å². The van der Waals surface area contributed by atoms with Crippen molar-refractivity contribution in [2.75, 3.05) is 6.54 Å². The molecule has 1 amide bonds. The summed E-state index contributed by atoms with van der Waals surface area (Å²) in [4.78, 5) is 17.3. The van der Waals surface area contributed by atoms with Gasteiger partial charge in [-0.05, 0) is 75.1 Å². The number of benzene rings is 1. The molecule has 3 aliphatic rings. The fourth-order valence-corrected chi connectivity index (χ4v) is 6.91. The van der Waals surface area contributed by atoms with Crippen molar-refractivity contribution in [3.05, 3.63) is 56.4 Å². The molecule has 28 heavy (non-hydrogen) atoms. The number of nitrogens with zero attached hydrogens (tertiary/aromatic N) is 2. The van der Waals surface area contributed by atoms with Gasteiger partial charge in [-0.15, -0.1) is 11.3 Å². The predicted octanol–water partition coefficient (Wildman–Crippen LogP) is 5.42. The maximum absolute atomic E-state index is 13.6. The summed E-state index contributed by atoms with van der Waals surface area (Å²) in [7, 11) is 0. The van der Waals surface area contributed by atoms with Gasteiger partial charge in [0.2, 0.25) is 0 Å². The van der Waals surface area contributed by atoms with Crippen molar-refractivity contribution in [3.8, 4) is 0 Å². The second-order valence-electron chi connectivity index (χ2n) is 8.70. The second-order valence-corrected chi connectivity index (χ2v) is 9.67. The highest BCUT2D eigenvalue weighted by Crippen LogP contribution is 2.44. The summed E-state index contributed by atoms with van der Waals surface area (Å²) in [6.07, 6.45) is 8.17. The number of rotatable bonds is 1.